The zero-order valence-corrected chi connectivity index (χ0v) is 12.9. The van der Waals surface area contributed by atoms with Crippen molar-refractivity contribution in [2.24, 2.45) is 7.05 Å². The topological polar surface area (TPSA) is 38.1 Å². The number of nitrogens with zero attached hydrogens (tertiary/aromatic N) is 3. The van der Waals surface area contributed by atoms with Gasteiger partial charge in [-0.2, -0.15) is 5.10 Å². The van der Waals surface area contributed by atoms with Crippen molar-refractivity contribution < 1.29 is 0 Å². The van der Waals surface area contributed by atoms with E-state index in [9.17, 15) is 4.79 Å². The van der Waals surface area contributed by atoms with Crippen LogP contribution in [0, 0.1) is 0 Å². The zero-order valence-electron chi connectivity index (χ0n) is 11.3. The van der Waals surface area contributed by atoms with Gasteiger partial charge in [0.05, 0.1) is 11.9 Å². The van der Waals surface area contributed by atoms with E-state index in [4.69, 9.17) is 0 Å². The Hall–Kier alpha value is -1.62. The van der Waals surface area contributed by atoms with Gasteiger partial charge in [0.1, 0.15) is 4.47 Å². The highest BCUT2D eigenvalue weighted by Gasteiger charge is 2.18. The SMILES string of the molecule is Cn1ncc(N2CCCc3ccccc3C2)c(Br)c1=O. The molecule has 0 unspecified atom stereocenters. The molecule has 20 heavy (non-hydrogen) atoms. The van der Waals surface area contributed by atoms with Crippen molar-refractivity contribution in [2.75, 3.05) is 11.4 Å². The van der Waals surface area contributed by atoms with Crippen LogP contribution < -0.4 is 10.5 Å². The van der Waals surface area contributed by atoms with Crippen LogP contribution in [0.15, 0.2) is 39.7 Å². The second kappa shape index (κ2) is 5.40. The van der Waals surface area contributed by atoms with Crippen molar-refractivity contribution in [3.05, 3.63) is 56.4 Å². The van der Waals surface area contributed by atoms with E-state index in [1.165, 1.54) is 15.8 Å². The second-order valence-electron chi connectivity index (χ2n) is 5.07. The molecule has 0 aliphatic carbocycles. The Morgan fingerprint density at radius 2 is 2.00 bits per heavy atom. The third-order valence-electron chi connectivity index (χ3n) is 3.75. The molecule has 2 aromatic rings. The van der Waals surface area contributed by atoms with Crippen LogP contribution in [-0.2, 0) is 20.0 Å². The largest absolute Gasteiger partial charge is 0.365 e. The monoisotopic (exact) mass is 333 g/mol. The van der Waals surface area contributed by atoms with Crippen molar-refractivity contribution in [1.29, 1.82) is 0 Å². The molecule has 0 spiro atoms. The fourth-order valence-corrected chi connectivity index (χ4v) is 3.24. The summed E-state index contributed by atoms with van der Waals surface area (Å²) in [6.07, 6.45) is 3.93. The predicted molar refractivity (Wildman–Crippen MR) is 83.0 cm³/mol. The van der Waals surface area contributed by atoms with E-state index in [2.05, 4.69) is 50.2 Å². The number of aryl methyl sites for hydroxylation is 2. The summed E-state index contributed by atoms with van der Waals surface area (Å²) >= 11 is 3.42. The van der Waals surface area contributed by atoms with E-state index >= 15 is 0 Å². The van der Waals surface area contributed by atoms with Crippen LogP contribution in [0.5, 0.6) is 0 Å². The van der Waals surface area contributed by atoms with Gasteiger partial charge in [0.2, 0.25) is 0 Å². The summed E-state index contributed by atoms with van der Waals surface area (Å²) in [6, 6.07) is 8.51. The number of anilines is 1. The van der Waals surface area contributed by atoms with Gasteiger partial charge in [0.15, 0.2) is 0 Å². The average molecular weight is 334 g/mol. The van der Waals surface area contributed by atoms with Crippen LogP contribution in [0.1, 0.15) is 17.5 Å². The van der Waals surface area contributed by atoms with Gasteiger partial charge < -0.3 is 4.90 Å². The van der Waals surface area contributed by atoms with E-state index in [1.807, 2.05) is 0 Å². The third kappa shape index (κ3) is 2.38. The number of hydrogen-bond acceptors (Lipinski definition) is 3. The van der Waals surface area contributed by atoms with Crippen LogP contribution >= 0.6 is 15.9 Å². The Kier molecular flexibility index (Phi) is 3.61. The Bertz CT molecular complexity index is 696. The van der Waals surface area contributed by atoms with Crippen LogP contribution in [0.3, 0.4) is 0 Å². The average Bonchev–Trinajstić information content (AvgIpc) is 2.67. The molecule has 5 heteroatoms. The van der Waals surface area contributed by atoms with Crippen molar-refractivity contribution >= 4 is 21.6 Å². The number of halogens is 1. The summed E-state index contributed by atoms with van der Waals surface area (Å²) < 4.78 is 1.94. The Morgan fingerprint density at radius 1 is 1.25 bits per heavy atom. The summed E-state index contributed by atoms with van der Waals surface area (Å²) in [5.41, 5.74) is 3.52. The molecule has 1 aromatic carbocycles. The maximum absolute atomic E-state index is 12.0. The summed E-state index contributed by atoms with van der Waals surface area (Å²) in [7, 11) is 1.66. The quantitative estimate of drug-likeness (QED) is 0.804. The highest BCUT2D eigenvalue weighted by atomic mass is 79.9. The summed E-state index contributed by atoms with van der Waals surface area (Å²) in [4.78, 5) is 14.2. The molecule has 3 rings (SSSR count). The minimum Gasteiger partial charge on any atom is -0.365 e. The highest BCUT2D eigenvalue weighted by Crippen LogP contribution is 2.27. The molecule has 0 N–H and O–H groups in total. The summed E-state index contributed by atoms with van der Waals surface area (Å²) in [5, 5.41) is 4.13. The number of aromatic nitrogens is 2. The molecule has 0 amide bonds. The molecule has 0 bridgehead atoms. The minimum atomic E-state index is -0.0972. The first-order valence-corrected chi connectivity index (χ1v) is 7.49. The molecule has 0 saturated carbocycles. The summed E-state index contributed by atoms with van der Waals surface area (Å²) in [6.45, 7) is 1.76. The van der Waals surface area contributed by atoms with Crippen LogP contribution in [0.25, 0.3) is 0 Å². The van der Waals surface area contributed by atoms with Crippen LogP contribution in [-0.4, -0.2) is 16.3 Å². The lowest BCUT2D eigenvalue weighted by Gasteiger charge is -2.23. The Balaban J connectivity index is 2.00. The first-order valence-electron chi connectivity index (χ1n) is 6.70. The lowest BCUT2D eigenvalue weighted by molar-refractivity contribution is 0.689. The lowest BCUT2D eigenvalue weighted by atomic mass is 10.0. The number of benzene rings is 1. The molecule has 0 atom stereocenters. The first kappa shape index (κ1) is 13.4. The maximum atomic E-state index is 12.0. The molecule has 0 fully saturated rings. The van der Waals surface area contributed by atoms with Crippen molar-refractivity contribution in [3.63, 3.8) is 0 Å². The fourth-order valence-electron chi connectivity index (χ4n) is 2.63. The van der Waals surface area contributed by atoms with E-state index < -0.39 is 0 Å². The maximum Gasteiger partial charge on any atom is 0.282 e. The molecule has 1 aliphatic rings. The first-order chi connectivity index (χ1) is 9.66. The minimum absolute atomic E-state index is 0.0972. The van der Waals surface area contributed by atoms with Crippen molar-refractivity contribution in [3.8, 4) is 0 Å². The van der Waals surface area contributed by atoms with Crippen molar-refractivity contribution in [2.45, 2.75) is 19.4 Å². The number of hydrogen-bond donors (Lipinski definition) is 0. The van der Waals surface area contributed by atoms with Gasteiger partial charge in [-0.05, 0) is 39.9 Å². The molecule has 104 valence electrons. The molecular weight excluding hydrogens is 318 g/mol. The third-order valence-corrected chi connectivity index (χ3v) is 4.50. The van der Waals surface area contributed by atoms with Crippen LogP contribution in [0.2, 0.25) is 0 Å². The Morgan fingerprint density at radius 3 is 2.80 bits per heavy atom. The molecular formula is C15H16BrN3O. The highest BCUT2D eigenvalue weighted by molar-refractivity contribution is 9.10. The molecule has 4 nitrogen and oxygen atoms in total. The van der Waals surface area contributed by atoms with Gasteiger partial charge in [-0.25, -0.2) is 4.68 Å². The summed E-state index contributed by atoms with van der Waals surface area (Å²) in [5.74, 6) is 0. The van der Waals surface area contributed by atoms with Gasteiger partial charge in [0.25, 0.3) is 5.56 Å². The zero-order chi connectivity index (χ0) is 14.1. The Labute approximate surface area is 126 Å². The van der Waals surface area contributed by atoms with Gasteiger partial charge in [-0.1, -0.05) is 24.3 Å². The van der Waals surface area contributed by atoms with Gasteiger partial charge in [-0.15, -0.1) is 0 Å². The van der Waals surface area contributed by atoms with E-state index in [0.717, 1.165) is 31.6 Å². The van der Waals surface area contributed by atoms with Gasteiger partial charge in [0, 0.05) is 20.1 Å². The van der Waals surface area contributed by atoms with Gasteiger partial charge in [-0.3, -0.25) is 4.79 Å². The normalized spacial score (nSPS) is 14.8. The molecule has 0 radical (unpaired) electrons. The predicted octanol–water partition coefficient (Wildman–Crippen LogP) is 2.50. The molecule has 2 heterocycles. The van der Waals surface area contributed by atoms with E-state index in [1.54, 1.807) is 13.2 Å². The fraction of sp³-hybridized carbons (Fsp3) is 0.333. The van der Waals surface area contributed by atoms with E-state index in [-0.39, 0.29) is 5.56 Å². The van der Waals surface area contributed by atoms with Crippen LogP contribution in [0.4, 0.5) is 5.69 Å². The molecule has 1 aliphatic heterocycles. The van der Waals surface area contributed by atoms with E-state index in [0.29, 0.717) is 4.47 Å². The van der Waals surface area contributed by atoms with Crippen molar-refractivity contribution in [1.82, 2.24) is 9.78 Å². The molecule has 1 aromatic heterocycles. The smallest absolute Gasteiger partial charge is 0.282 e. The van der Waals surface area contributed by atoms with Gasteiger partial charge >= 0.3 is 0 Å². The number of fused-ring (bicyclic) bond motifs is 1. The molecule has 0 saturated heterocycles. The standard InChI is InChI=1S/C15H16BrN3O/c1-18-15(20)14(16)13(9-17-18)19-8-4-7-11-5-2-3-6-12(11)10-19/h2-3,5-6,9H,4,7-8,10H2,1H3. The lowest BCUT2D eigenvalue weighted by Crippen LogP contribution is -2.28. The second-order valence-corrected chi connectivity index (χ2v) is 5.86. The number of rotatable bonds is 1.